The number of imidazole rings is 1. The van der Waals surface area contributed by atoms with E-state index in [0.717, 1.165) is 17.1 Å². The average molecular weight is 303 g/mol. The summed E-state index contributed by atoms with van der Waals surface area (Å²) in [5.41, 5.74) is 2.00. The Morgan fingerprint density at radius 1 is 1.27 bits per heavy atom. The van der Waals surface area contributed by atoms with Gasteiger partial charge in [-0.15, -0.1) is 0 Å². The molecule has 0 saturated carbocycles. The summed E-state index contributed by atoms with van der Waals surface area (Å²) in [5.74, 6) is -0.644. The molecule has 0 fully saturated rings. The molecule has 0 aliphatic heterocycles. The lowest BCUT2D eigenvalue weighted by Gasteiger charge is -2.23. The lowest BCUT2D eigenvalue weighted by atomic mass is 10.0. The molecule has 0 spiro atoms. The van der Waals surface area contributed by atoms with E-state index in [2.05, 4.69) is 10.3 Å². The second kappa shape index (κ2) is 5.90. The monoisotopic (exact) mass is 303 g/mol. The molecule has 1 heterocycles. The van der Waals surface area contributed by atoms with Gasteiger partial charge in [0.25, 0.3) is 5.91 Å². The smallest absolute Gasteiger partial charge is 0.256 e. The molecule has 0 aliphatic rings. The Balaban J connectivity index is 2.13. The fourth-order valence-corrected chi connectivity index (χ4v) is 2.00. The van der Waals surface area contributed by atoms with Gasteiger partial charge >= 0.3 is 0 Å². The van der Waals surface area contributed by atoms with Crippen LogP contribution in [0.15, 0.2) is 30.6 Å². The van der Waals surface area contributed by atoms with Crippen LogP contribution < -0.4 is 5.32 Å². The number of carbonyl (C=O) groups excluding carboxylic acids is 1. The third-order valence-electron chi connectivity index (χ3n) is 3.58. The number of anilines is 1. The largest absolute Gasteiger partial charge is 0.387 e. The molecule has 3 N–H and O–H groups in total. The maximum absolute atomic E-state index is 11.8. The Bertz CT molecular complexity index is 669. The van der Waals surface area contributed by atoms with E-state index in [0.29, 0.717) is 5.69 Å². The molecule has 1 amide bonds. The number of aliphatic hydroxyl groups excluding tert-OH is 1. The summed E-state index contributed by atoms with van der Waals surface area (Å²) in [6.45, 7) is 6.69. The van der Waals surface area contributed by atoms with Crippen molar-refractivity contribution >= 4 is 11.6 Å². The van der Waals surface area contributed by atoms with Crippen LogP contribution in [0.25, 0.3) is 5.69 Å². The van der Waals surface area contributed by atoms with Crippen LogP contribution in [-0.2, 0) is 4.79 Å². The molecule has 118 valence electrons. The molecule has 1 unspecified atom stereocenters. The van der Waals surface area contributed by atoms with E-state index in [1.165, 1.54) is 13.8 Å². The number of hydrogen-bond donors (Lipinski definition) is 3. The third kappa shape index (κ3) is 3.35. The Morgan fingerprint density at radius 2 is 1.86 bits per heavy atom. The van der Waals surface area contributed by atoms with Gasteiger partial charge in [-0.3, -0.25) is 4.79 Å². The number of benzene rings is 1. The van der Waals surface area contributed by atoms with Crippen molar-refractivity contribution in [2.24, 2.45) is 0 Å². The van der Waals surface area contributed by atoms with Crippen molar-refractivity contribution < 1.29 is 15.0 Å². The first-order valence-electron chi connectivity index (χ1n) is 7.02. The van der Waals surface area contributed by atoms with Crippen LogP contribution in [0.2, 0.25) is 0 Å². The van der Waals surface area contributed by atoms with Gasteiger partial charge in [0.2, 0.25) is 0 Å². The van der Waals surface area contributed by atoms with Crippen LogP contribution in [-0.4, -0.2) is 37.4 Å². The molecule has 1 aromatic carbocycles. The van der Waals surface area contributed by atoms with Crippen LogP contribution in [0.1, 0.15) is 25.2 Å². The normalized spacial score (nSPS) is 13.0. The molecule has 0 bridgehead atoms. The Hall–Kier alpha value is -2.18. The predicted octanol–water partition coefficient (Wildman–Crippen LogP) is 1.56. The van der Waals surface area contributed by atoms with Crippen molar-refractivity contribution in [1.82, 2.24) is 9.55 Å². The summed E-state index contributed by atoms with van der Waals surface area (Å²) in [7, 11) is 0. The number of nitrogens with zero attached hydrogens (tertiary/aromatic N) is 2. The summed E-state index contributed by atoms with van der Waals surface area (Å²) >= 11 is 0. The zero-order valence-electron chi connectivity index (χ0n) is 13.2. The van der Waals surface area contributed by atoms with Gasteiger partial charge < -0.3 is 20.1 Å². The Kier molecular flexibility index (Phi) is 4.35. The molecule has 1 aromatic heterocycles. The highest BCUT2D eigenvalue weighted by Gasteiger charge is 2.31. The van der Waals surface area contributed by atoms with Gasteiger partial charge in [0.05, 0.1) is 17.6 Å². The van der Waals surface area contributed by atoms with Crippen LogP contribution in [0.4, 0.5) is 5.69 Å². The SMILES string of the molecule is Cc1ncn(-c2ccc(NC(=O)C(O)C(C)(C)O)cc2)c1C. The average Bonchev–Trinajstić information content (AvgIpc) is 2.78. The van der Waals surface area contributed by atoms with Gasteiger partial charge in [-0.2, -0.15) is 0 Å². The summed E-state index contributed by atoms with van der Waals surface area (Å²) in [6, 6.07) is 7.17. The standard InChI is InChI=1S/C16H21N3O3/c1-10-11(2)19(9-17-10)13-7-5-12(6-8-13)18-15(21)14(20)16(3,4)22/h5-9,14,20,22H,1-4H3,(H,18,21). The van der Waals surface area contributed by atoms with E-state index in [-0.39, 0.29) is 0 Å². The van der Waals surface area contributed by atoms with Crippen LogP contribution in [0.3, 0.4) is 0 Å². The van der Waals surface area contributed by atoms with Crippen LogP contribution in [0.5, 0.6) is 0 Å². The lowest BCUT2D eigenvalue weighted by molar-refractivity contribution is -0.136. The molecule has 0 saturated heterocycles. The Morgan fingerprint density at radius 3 is 2.32 bits per heavy atom. The highest BCUT2D eigenvalue weighted by atomic mass is 16.3. The topological polar surface area (TPSA) is 87.4 Å². The van der Waals surface area contributed by atoms with Crippen molar-refractivity contribution in [3.8, 4) is 5.69 Å². The quantitative estimate of drug-likeness (QED) is 0.800. The van der Waals surface area contributed by atoms with Crippen molar-refractivity contribution in [2.75, 3.05) is 5.32 Å². The minimum Gasteiger partial charge on any atom is -0.387 e. The van der Waals surface area contributed by atoms with Crippen molar-refractivity contribution in [3.63, 3.8) is 0 Å². The summed E-state index contributed by atoms with van der Waals surface area (Å²) in [6.07, 6.45) is 0.252. The number of aryl methyl sites for hydroxylation is 1. The first-order chi connectivity index (χ1) is 10.2. The van der Waals surface area contributed by atoms with Gasteiger partial charge in [0.15, 0.2) is 6.10 Å². The zero-order chi connectivity index (χ0) is 16.5. The molecule has 2 rings (SSSR count). The lowest BCUT2D eigenvalue weighted by Crippen LogP contribution is -2.44. The molecular weight excluding hydrogens is 282 g/mol. The van der Waals surface area contributed by atoms with Gasteiger partial charge in [0.1, 0.15) is 0 Å². The maximum atomic E-state index is 11.8. The van der Waals surface area contributed by atoms with Crippen LogP contribution in [0, 0.1) is 13.8 Å². The molecular formula is C16H21N3O3. The van der Waals surface area contributed by atoms with E-state index in [4.69, 9.17) is 0 Å². The maximum Gasteiger partial charge on any atom is 0.256 e. The highest BCUT2D eigenvalue weighted by Crippen LogP contribution is 2.18. The summed E-state index contributed by atoms with van der Waals surface area (Å²) in [5, 5.41) is 21.9. The van der Waals surface area contributed by atoms with Gasteiger partial charge in [-0.1, -0.05) is 0 Å². The molecule has 6 nitrogen and oxygen atoms in total. The second-order valence-corrected chi connectivity index (χ2v) is 5.88. The number of hydrogen-bond acceptors (Lipinski definition) is 4. The van der Waals surface area contributed by atoms with Crippen LogP contribution >= 0.6 is 0 Å². The molecule has 22 heavy (non-hydrogen) atoms. The fourth-order valence-electron chi connectivity index (χ4n) is 2.00. The number of rotatable bonds is 4. The molecule has 0 aliphatic carbocycles. The van der Waals surface area contributed by atoms with Gasteiger partial charge in [0, 0.05) is 17.1 Å². The minimum absolute atomic E-state index is 0.548. The number of aliphatic hydroxyl groups is 2. The van der Waals surface area contributed by atoms with E-state index in [1.54, 1.807) is 18.5 Å². The zero-order valence-corrected chi connectivity index (χ0v) is 13.2. The van der Waals surface area contributed by atoms with Crippen molar-refractivity contribution in [1.29, 1.82) is 0 Å². The van der Waals surface area contributed by atoms with Crippen molar-refractivity contribution in [2.45, 2.75) is 39.4 Å². The van der Waals surface area contributed by atoms with E-state index in [1.807, 2.05) is 30.5 Å². The number of amides is 1. The summed E-state index contributed by atoms with van der Waals surface area (Å²) < 4.78 is 1.95. The predicted molar refractivity (Wildman–Crippen MR) is 84.0 cm³/mol. The second-order valence-electron chi connectivity index (χ2n) is 5.88. The van der Waals surface area contributed by atoms with Gasteiger partial charge in [-0.25, -0.2) is 4.98 Å². The molecule has 1 atom stereocenters. The molecule has 0 radical (unpaired) electrons. The Labute approximate surface area is 129 Å². The first-order valence-corrected chi connectivity index (χ1v) is 7.02. The van der Waals surface area contributed by atoms with E-state index >= 15 is 0 Å². The number of carbonyl (C=O) groups is 1. The minimum atomic E-state index is -1.49. The third-order valence-corrected chi connectivity index (χ3v) is 3.58. The van der Waals surface area contributed by atoms with Gasteiger partial charge in [-0.05, 0) is 52.0 Å². The van der Waals surface area contributed by atoms with E-state index < -0.39 is 17.6 Å². The van der Waals surface area contributed by atoms with Crippen molar-refractivity contribution in [3.05, 3.63) is 42.0 Å². The molecule has 6 heteroatoms. The molecule has 2 aromatic rings. The first kappa shape index (κ1) is 16.2. The highest BCUT2D eigenvalue weighted by molar-refractivity contribution is 5.94. The fraction of sp³-hybridized carbons (Fsp3) is 0.375. The number of aromatic nitrogens is 2. The summed E-state index contributed by atoms with van der Waals surface area (Å²) in [4.78, 5) is 16.1. The number of nitrogens with one attached hydrogen (secondary N) is 1. The van der Waals surface area contributed by atoms with E-state index in [9.17, 15) is 15.0 Å².